The fourth-order valence-electron chi connectivity index (χ4n) is 4.93. The van der Waals surface area contributed by atoms with Crippen LogP contribution in [0.4, 0.5) is 0 Å². The molecule has 3 fully saturated rings. The summed E-state index contributed by atoms with van der Waals surface area (Å²) in [6.07, 6.45) is 9.89. The molecule has 0 aromatic rings. The smallest absolute Gasteiger partial charge is 0.281 e. The molecule has 7 nitrogen and oxygen atoms in total. The molecule has 2 heterocycles. The molecule has 1 saturated carbocycles. The maximum atomic E-state index is 12.9. The van der Waals surface area contributed by atoms with Crippen molar-refractivity contribution in [3.8, 4) is 0 Å². The maximum Gasteiger partial charge on any atom is 0.281 e. The van der Waals surface area contributed by atoms with E-state index in [0.29, 0.717) is 32.0 Å². The molecular formula is C20H38N4O3S. The van der Waals surface area contributed by atoms with Crippen molar-refractivity contribution in [1.82, 2.24) is 18.4 Å². The predicted octanol–water partition coefficient (Wildman–Crippen LogP) is 1.76. The van der Waals surface area contributed by atoms with Gasteiger partial charge in [0.2, 0.25) is 5.91 Å². The minimum atomic E-state index is -3.49. The maximum absolute atomic E-state index is 12.9. The normalized spacial score (nSPS) is 24.9. The van der Waals surface area contributed by atoms with E-state index in [9.17, 15) is 13.2 Å². The number of likely N-dealkylation sites (tertiary alicyclic amines) is 2. The van der Waals surface area contributed by atoms with E-state index in [2.05, 4.69) is 4.90 Å². The van der Waals surface area contributed by atoms with Crippen molar-refractivity contribution < 1.29 is 13.2 Å². The van der Waals surface area contributed by atoms with Crippen LogP contribution in [0.5, 0.6) is 0 Å². The zero-order valence-corrected chi connectivity index (χ0v) is 18.5. The molecule has 1 atom stereocenters. The number of nitrogens with zero attached hydrogens (tertiary/aromatic N) is 4. The van der Waals surface area contributed by atoms with Crippen LogP contribution < -0.4 is 0 Å². The van der Waals surface area contributed by atoms with Crippen LogP contribution in [-0.2, 0) is 15.0 Å². The molecule has 0 aromatic heterocycles. The Morgan fingerprint density at radius 1 is 1.00 bits per heavy atom. The fraction of sp³-hybridized carbons (Fsp3) is 0.950. The largest absolute Gasteiger partial charge is 0.341 e. The first-order valence-electron chi connectivity index (χ1n) is 11.1. The van der Waals surface area contributed by atoms with Gasteiger partial charge in [-0.3, -0.25) is 4.79 Å². The highest BCUT2D eigenvalue weighted by Crippen LogP contribution is 2.29. The summed E-state index contributed by atoms with van der Waals surface area (Å²) in [5.74, 6) is 0.921. The minimum Gasteiger partial charge on any atom is -0.341 e. The summed E-state index contributed by atoms with van der Waals surface area (Å²) in [4.78, 5) is 16.9. The summed E-state index contributed by atoms with van der Waals surface area (Å²) in [7, 11) is -0.297. The first kappa shape index (κ1) is 22.0. The summed E-state index contributed by atoms with van der Waals surface area (Å²) < 4.78 is 28.8. The van der Waals surface area contributed by atoms with Crippen LogP contribution in [0.25, 0.3) is 0 Å². The third-order valence-electron chi connectivity index (χ3n) is 6.76. The molecule has 1 amide bonds. The second-order valence-electron chi connectivity index (χ2n) is 8.92. The molecule has 8 heteroatoms. The number of hydrogen-bond donors (Lipinski definition) is 0. The predicted molar refractivity (Wildman–Crippen MR) is 111 cm³/mol. The van der Waals surface area contributed by atoms with Crippen LogP contribution in [0.2, 0.25) is 0 Å². The van der Waals surface area contributed by atoms with E-state index < -0.39 is 10.2 Å². The molecule has 1 aliphatic carbocycles. The quantitative estimate of drug-likeness (QED) is 0.577. The average Bonchev–Trinajstić information content (AvgIpc) is 3.41. The van der Waals surface area contributed by atoms with Crippen LogP contribution >= 0.6 is 0 Å². The molecule has 0 radical (unpaired) electrons. The first-order chi connectivity index (χ1) is 13.4. The third-order valence-corrected chi connectivity index (χ3v) is 8.75. The van der Waals surface area contributed by atoms with Gasteiger partial charge in [-0.1, -0.05) is 25.7 Å². The molecule has 0 aromatic carbocycles. The highest BCUT2D eigenvalue weighted by Gasteiger charge is 2.37. The highest BCUT2D eigenvalue weighted by atomic mass is 32.2. The van der Waals surface area contributed by atoms with Crippen LogP contribution in [0.15, 0.2) is 0 Å². The van der Waals surface area contributed by atoms with E-state index in [-0.39, 0.29) is 11.9 Å². The van der Waals surface area contributed by atoms with Gasteiger partial charge in [0.25, 0.3) is 10.2 Å². The van der Waals surface area contributed by atoms with Gasteiger partial charge >= 0.3 is 0 Å². The zero-order valence-electron chi connectivity index (χ0n) is 17.7. The number of rotatable bonds is 9. The Morgan fingerprint density at radius 2 is 1.68 bits per heavy atom. The molecule has 0 N–H and O–H groups in total. The van der Waals surface area contributed by atoms with Crippen LogP contribution in [0.1, 0.15) is 57.8 Å². The fourth-order valence-corrected chi connectivity index (χ4v) is 6.21. The summed E-state index contributed by atoms with van der Waals surface area (Å²) in [6, 6.07) is -0.106. The Bertz CT molecular complexity index is 613. The molecule has 0 bridgehead atoms. The molecule has 2 aliphatic heterocycles. The van der Waals surface area contributed by atoms with Gasteiger partial charge in [-0.25, -0.2) is 0 Å². The van der Waals surface area contributed by atoms with Crippen molar-refractivity contribution in [3.63, 3.8) is 0 Å². The van der Waals surface area contributed by atoms with E-state index in [1.165, 1.54) is 42.8 Å². The van der Waals surface area contributed by atoms with E-state index >= 15 is 0 Å². The SMILES string of the molecule is CN(C)S(=O)(=O)N(CCN1CCCC1)[C@H]1CCN(C(=O)CCC2CCCC2)C1. The summed E-state index contributed by atoms with van der Waals surface area (Å²) >= 11 is 0. The second kappa shape index (κ2) is 9.87. The summed E-state index contributed by atoms with van der Waals surface area (Å²) in [5.41, 5.74) is 0. The van der Waals surface area contributed by atoms with Crippen LogP contribution in [0, 0.1) is 5.92 Å². The molecule has 3 aliphatic rings. The molecule has 0 unspecified atom stereocenters. The Kier molecular flexibility index (Phi) is 7.75. The van der Waals surface area contributed by atoms with Gasteiger partial charge in [0, 0.05) is 52.7 Å². The number of carbonyl (C=O) groups is 1. The lowest BCUT2D eigenvalue weighted by Gasteiger charge is -2.32. The van der Waals surface area contributed by atoms with E-state index in [0.717, 1.165) is 32.5 Å². The lowest BCUT2D eigenvalue weighted by atomic mass is 10.0. The van der Waals surface area contributed by atoms with Crippen LogP contribution in [-0.4, -0.2) is 92.1 Å². The molecule has 28 heavy (non-hydrogen) atoms. The topological polar surface area (TPSA) is 64.2 Å². The van der Waals surface area contributed by atoms with Gasteiger partial charge in [-0.15, -0.1) is 0 Å². The Morgan fingerprint density at radius 3 is 2.32 bits per heavy atom. The number of hydrogen-bond acceptors (Lipinski definition) is 4. The van der Waals surface area contributed by atoms with Crippen molar-refractivity contribution >= 4 is 16.1 Å². The highest BCUT2D eigenvalue weighted by molar-refractivity contribution is 7.86. The molecular weight excluding hydrogens is 376 g/mol. The van der Waals surface area contributed by atoms with Gasteiger partial charge < -0.3 is 9.80 Å². The molecule has 2 saturated heterocycles. The van der Waals surface area contributed by atoms with Crippen molar-refractivity contribution in [2.24, 2.45) is 5.92 Å². The van der Waals surface area contributed by atoms with E-state index in [1.807, 2.05) is 4.90 Å². The van der Waals surface area contributed by atoms with Gasteiger partial charge in [-0.05, 0) is 44.7 Å². The monoisotopic (exact) mass is 414 g/mol. The summed E-state index contributed by atoms with van der Waals surface area (Å²) in [6.45, 7) is 4.63. The van der Waals surface area contributed by atoms with Crippen molar-refractivity contribution in [2.45, 2.75) is 63.8 Å². The van der Waals surface area contributed by atoms with Crippen molar-refractivity contribution in [1.29, 1.82) is 0 Å². The first-order valence-corrected chi connectivity index (χ1v) is 12.5. The van der Waals surface area contributed by atoms with E-state index in [1.54, 1.807) is 18.4 Å². The number of amides is 1. The Balaban J connectivity index is 1.56. The molecule has 0 spiro atoms. The third kappa shape index (κ3) is 5.46. The average molecular weight is 415 g/mol. The molecule has 3 rings (SSSR count). The molecule has 162 valence electrons. The Hall–Kier alpha value is -0.700. The standard InChI is InChI=1S/C20H38N4O3S/c1-21(2)28(26,27)24(16-15-22-12-5-6-13-22)19-11-14-23(17-19)20(25)10-9-18-7-3-4-8-18/h18-19H,3-17H2,1-2H3/t19-/m0/s1. The summed E-state index contributed by atoms with van der Waals surface area (Å²) in [5, 5.41) is 0. The van der Waals surface area contributed by atoms with Gasteiger partial charge in [0.05, 0.1) is 0 Å². The van der Waals surface area contributed by atoms with Crippen molar-refractivity contribution in [2.75, 3.05) is 53.4 Å². The van der Waals surface area contributed by atoms with Crippen LogP contribution in [0.3, 0.4) is 0 Å². The zero-order chi connectivity index (χ0) is 20.1. The second-order valence-corrected chi connectivity index (χ2v) is 11.0. The van der Waals surface area contributed by atoms with Crippen molar-refractivity contribution in [3.05, 3.63) is 0 Å². The number of carbonyl (C=O) groups excluding carboxylic acids is 1. The van der Waals surface area contributed by atoms with Gasteiger partial charge in [0.1, 0.15) is 0 Å². The lowest BCUT2D eigenvalue weighted by Crippen LogP contribution is -2.50. The van der Waals surface area contributed by atoms with Gasteiger partial charge in [0.15, 0.2) is 0 Å². The Labute approximate surface area is 171 Å². The minimum absolute atomic E-state index is 0.106. The van der Waals surface area contributed by atoms with E-state index in [4.69, 9.17) is 0 Å². The lowest BCUT2D eigenvalue weighted by molar-refractivity contribution is -0.130. The van der Waals surface area contributed by atoms with Gasteiger partial charge in [-0.2, -0.15) is 17.0 Å².